The van der Waals surface area contributed by atoms with Gasteiger partial charge in [0.15, 0.2) is 0 Å². The zero-order valence-electron chi connectivity index (χ0n) is 16.9. The molecular formula is C21H42O2. The van der Waals surface area contributed by atoms with E-state index < -0.39 is 0 Å². The van der Waals surface area contributed by atoms with Crippen LogP contribution < -0.4 is 0 Å². The van der Waals surface area contributed by atoms with Crippen molar-refractivity contribution in [2.45, 2.75) is 104 Å². The molecule has 0 amide bonds. The van der Waals surface area contributed by atoms with E-state index >= 15 is 0 Å². The average molecular weight is 327 g/mol. The van der Waals surface area contributed by atoms with Gasteiger partial charge in [-0.3, -0.25) is 0 Å². The summed E-state index contributed by atoms with van der Waals surface area (Å²) in [4.78, 5) is 0. The van der Waals surface area contributed by atoms with Crippen molar-refractivity contribution in [3.63, 3.8) is 0 Å². The Hall–Kier alpha value is -0.340. The van der Waals surface area contributed by atoms with E-state index in [9.17, 15) is 0 Å². The first-order chi connectivity index (χ1) is 11.0. The van der Waals surface area contributed by atoms with Crippen LogP contribution in [0.3, 0.4) is 0 Å². The maximum atomic E-state index is 6.21. The van der Waals surface area contributed by atoms with Crippen LogP contribution in [0.2, 0.25) is 0 Å². The highest BCUT2D eigenvalue weighted by Gasteiger charge is 2.50. The monoisotopic (exact) mass is 326 g/mol. The van der Waals surface area contributed by atoms with Gasteiger partial charge >= 0.3 is 0 Å². The SMILES string of the molecule is CC=CC(CCCCCCC)C(CCC)(OC)C(C)(C)OCC. The van der Waals surface area contributed by atoms with Crippen LogP contribution in [0.15, 0.2) is 12.2 Å². The summed E-state index contributed by atoms with van der Waals surface area (Å²) in [6.07, 6.45) is 14.4. The molecule has 0 saturated carbocycles. The van der Waals surface area contributed by atoms with Gasteiger partial charge in [0.1, 0.15) is 5.60 Å². The Labute approximate surface area is 146 Å². The van der Waals surface area contributed by atoms with Gasteiger partial charge < -0.3 is 9.47 Å². The lowest BCUT2D eigenvalue weighted by atomic mass is 9.70. The van der Waals surface area contributed by atoms with Gasteiger partial charge in [-0.25, -0.2) is 0 Å². The van der Waals surface area contributed by atoms with Crippen molar-refractivity contribution >= 4 is 0 Å². The molecule has 23 heavy (non-hydrogen) atoms. The molecule has 2 heteroatoms. The molecule has 0 spiro atoms. The van der Waals surface area contributed by atoms with E-state index in [1.54, 1.807) is 0 Å². The van der Waals surface area contributed by atoms with E-state index in [1.165, 1.54) is 38.5 Å². The van der Waals surface area contributed by atoms with E-state index in [0.29, 0.717) is 5.92 Å². The van der Waals surface area contributed by atoms with Gasteiger partial charge in [0.25, 0.3) is 0 Å². The molecule has 0 bridgehead atoms. The molecule has 2 unspecified atom stereocenters. The summed E-state index contributed by atoms with van der Waals surface area (Å²) in [5.41, 5.74) is -0.546. The lowest BCUT2D eigenvalue weighted by Crippen LogP contribution is -2.57. The predicted molar refractivity (Wildman–Crippen MR) is 102 cm³/mol. The molecule has 0 aromatic carbocycles. The van der Waals surface area contributed by atoms with Gasteiger partial charge in [-0.05, 0) is 40.5 Å². The summed E-state index contributed by atoms with van der Waals surface area (Å²) in [5, 5.41) is 0. The normalized spacial score (nSPS) is 16.7. The first-order valence-corrected chi connectivity index (χ1v) is 9.77. The molecule has 0 aromatic rings. The Bertz CT molecular complexity index is 309. The number of hydrogen-bond acceptors (Lipinski definition) is 2. The summed E-state index contributed by atoms with van der Waals surface area (Å²) in [7, 11) is 1.87. The Morgan fingerprint density at radius 1 is 0.957 bits per heavy atom. The Kier molecular flexibility index (Phi) is 11.9. The number of hydrogen-bond donors (Lipinski definition) is 0. The van der Waals surface area contributed by atoms with Crippen LogP contribution in [0.25, 0.3) is 0 Å². The number of methoxy groups -OCH3 is 1. The molecule has 0 aliphatic carbocycles. The molecule has 2 nitrogen and oxygen atoms in total. The quantitative estimate of drug-likeness (QED) is 0.266. The molecule has 0 N–H and O–H groups in total. The molecule has 0 rings (SSSR count). The van der Waals surface area contributed by atoms with Gasteiger partial charge in [-0.1, -0.05) is 64.5 Å². The number of unbranched alkanes of at least 4 members (excludes halogenated alkanes) is 4. The van der Waals surface area contributed by atoms with E-state index in [4.69, 9.17) is 9.47 Å². The van der Waals surface area contributed by atoms with Crippen LogP contribution in [-0.4, -0.2) is 24.9 Å². The third-order valence-electron chi connectivity index (χ3n) is 5.15. The Morgan fingerprint density at radius 2 is 1.61 bits per heavy atom. The summed E-state index contributed by atoms with van der Waals surface area (Å²) in [6, 6.07) is 0. The lowest BCUT2D eigenvalue weighted by molar-refractivity contribution is -0.202. The van der Waals surface area contributed by atoms with Crippen molar-refractivity contribution in [1.29, 1.82) is 0 Å². The van der Waals surface area contributed by atoms with Crippen molar-refractivity contribution in [1.82, 2.24) is 0 Å². The van der Waals surface area contributed by atoms with E-state index in [0.717, 1.165) is 19.4 Å². The number of ether oxygens (including phenoxy) is 2. The highest BCUT2D eigenvalue weighted by Crippen LogP contribution is 2.43. The molecule has 0 radical (unpaired) electrons. The fourth-order valence-corrected chi connectivity index (χ4v) is 3.97. The largest absolute Gasteiger partial charge is 0.375 e. The van der Waals surface area contributed by atoms with Crippen LogP contribution in [0.5, 0.6) is 0 Å². The highest BCUT2D eigenvalue weighted by atomic mass is 16.6. The minimum atomic E-state index is -0.292. The third kappa shape index (κ3) is 6.58. The third-order valence-corrected chi connectivity index (χ3v) is 5.15. The van der Waals surface area contributed by atoms with Crippen LogP contribution in [0.4, 0.5) is 0 Å². The maximum Gasteiger partial charge on any atom is 0.102 e. The topological polar surface area (TPSA) is 18.5 Å². The second kappa shape index (κ2) is 12.1. The summed E-state index contributed by atoms with van der Waals surface area (Å²) in [6.45, 7) is 13.8. The standard InChI is InChI=1S/C21H42O2/c1-8-12-13-14-15-17-19(16-9-2)21(22-7,18-10-3)20(5,6)23-11-4/h9,16,19H,8,10-15,17-18H2,1-7H3. The van der Waals surface area contributed by atoms with Gasteiger partial charge in [0, 0.05) is 19.6 Å². The minimum absolute atomic E-state index is 0.255. The zero-order valence-corrected chi connectivity index (χ0v) is 16.9. The summed E-state index contributed by atoms with van der Waals surface area (Å²) >= 11 is 0. The zero-order chi connectivity index (χ0) is 17.8. The van der Waals surface area contributed by atoms with Crippen molar-refractivity contribution in [2.24, 2.45) is 5.92 Å². The minimum Gasteiger partial charge on any atom is -0.375 e. The fraction of sp³-hybridized carbons (Fsp3) is 0.905. The Morgan fingerprint density at radius 3 is 2.09 bits per heavy atom. The Balaban J connectivity index is 5.24. The van der Waals surface area contributed by atoms with Gasteiger partial charge in [-0.2, -0.15) is 0 Å². The molecular weight excluding hydrogens is 284 g/mol. The molecule has 0 aliphatic rings. The first kappa shape index (κ1) is 22.7. The second-order valence-corrected chi connectivity index (χ2v) is 7.12. The molecule has 0 saturated heterocycles. The summed E-state index contributed by atoms with van der Waals surface area (Å²) < 4.78 is 12.4. The molecule has 138 valence electrons. The molecule has 0 aromatic heterocycles. The van der Waals surface area contributed by atoms with Crippen LogP contribution in [-0.2, 0) is 9.47 Å². The molecule has 0 aliphatic heterocycles. The maximum absolute atomic E-state index is 6.21. The van der Waals surface area contributed by atoms with Crippen LogP contribution in [0, 0.1) is 5.92 Å². The van der Waals surface area contributed by atoms with Crippen LogP contribution >= 0.6 is 0 Å². The van der Waals surface area contributed by atoms with Crippen molar-refractivity contribution in [3.8, 4) is 0 Å². The molecule has 2 atom stereocenters. The van der Waals surface area contributed by atoms with Crippen molar-refractivity contribution < 1.29 is 9.47 Å². The highest BCUT2D eigenvalue weighted by molar-refractivity contribution is 5.08. The smallest absolute Gasteiger partial charge is 0.102 e. The van der Waals surface area contributed by atoms with Crippen molar-refractivity contribution in [3.05, 3.63) is 12.2 Å². The van der Waals surface area contributed by atoms with Crippen molar-refractivity contribution in [2.75, 3.05) is 13.7 Å². The van der Waals surface area contributed by atoms with Gasteiger partial charge in [-0.15, -0.1) is 0 Å². The number of allylic oxidation sites excluding steroid dienone is 1. The molecule has 0 heterocycles. The second-order valence-electron chi connectivity index (χ2n) is 7.12. The van der Waals surface area contributed by atoms with E-state index in [1.807, 2.05) is 7.11 Å². The van der Waals surface area contributed by atoms with Gasteiger partial charge in [0.2, 0.25) is 0 Å². The lowest BCUT2D eigenvalue weighted by Gasteiger charge is -2.49. The van der Waals surface area contributed by atoms with E-state index in [2.05, 4.69) is 53.7 Å². The first-order valence-electron chi connectivity index (χ1n) is 9.77. The van der Waals surface area contributed by atoms with Crippen LogP contribution in [0.1, 0.15) is 92.9 Å². The van der Waals surface area contributed by atoms with Gasteiger partial charge in [0.05, 0.1) is 5.60 Å². The predicted octanol–water partition coefficient (Wildman–Crippen LogP) is 6.54. The molecule has 0 fully saturated rings. The fourth-order valence-electron chi connectivity index (χ4n) is 3.97. The number of rotatable bonds is 14. The average Bonchev–Trinajstić information content (AvgIpc) is 2.51. The summed E-state index contributed by atoms with van der Waals surface area (Å²) in [5.74, 6) is 0.403. The van der Waals surface area contributed by atoms with E-state index in [-0.39, 0.29) is 11.2 Å².